The van der Waals surface area contributed by atoms with Gasteiger partial charge < -0.3 is 19.7 Å². The van der Waals surface area contributed by atoms with Gasteiger partial charge in [0.15, 0.2) is 5.82 Å². The van der Waals surface area contributed by atoms with Gasteiger partial charge in [0.2, 0.25) is 0 Å². The Morgan fingerprint density at radius 3 is 2.88 bits per heavy atom. The van der Waals surface area contributed by atoms with Gasteiger partial charge in [0.25, 0.3) is 5.89 Å². The highest BCUT2D eigenvalue weighted by molar-refractivity contribution is 5.04. The van der Waals surface area contributed by atoms with E-state index in [0.717, 1.165) is 26.1 Å². The Morgan fingerprint density at radius 1 is 1.35 bits per heavy atom. The first kappa shape index (κ1) is 11.1. The van der Waals surface area contributed by atoms with Gasteiger partial charge in [-0.05, 0) is 32.4 Å². The van der Waals surface area contributed by atoms with Gasteiger partial charge in [0.1, 0.15) is 5.60 Å². The van der Waals surface area contributed by atoms with Gasteiger partial charge in [0, 0.05) is 12.5 Å². The molecule has 94 valence electrons. The zero-order valence-electron chi connectivity index (χ0n) is 9.69. The number of piperidine rings is 1. The van der Waals surface area contributed by atoms with E-state index in [-0.39, 0.29) is 5.92 Å². The standard InChI is InChI=1S/C11H17N3O3/c15-11(2-4-12-5-3-11)10-13-9(14-17-10)8-1-6-16-7-8/h8,12,15H,1-7H2. The molecule has 3 rings (SSSR count). The molecule has 0 aliphatic carbocycles. The van der Waals surface area contributed by atoms with E-state index in [2.05, 4.69) is 15.5 Å². The maximum absolute atomic E-state index is 10.4. The predicted molar refractivity (Wildman–Crippen MR) is 58.5 cm³/mol. The molecule has 2 N–H and O–H groups in total. The van der Waals surface area contributed by atoms with E-state index in [1.54, 1.807) is 0 Å². The van der Waals surface area contributed by atoms with Crippen LogP contribution >= 0.6 is 0 Å². The summed E-state index contributed by atoms with van der Waals surface area (Å²) in [6.07, 6.45) is 2.17. The third-order valence-corrected chi connectivity index (χ3v) is 3.57. The summed E-state index contributed by atoms with van der Waals surface area (Å²) in [5.41, 5.74) is -0.948. The molecule has 1 aromatic rings. The van der Waals surface area contributed by atoms with Crippen molar-refractivity contribution in [3.05, 3.63) is 11.7 Å². The fourth-order valence-electron chi connectivity index (χ4n) is 2.38. The van der Waals surface area contributed by atoms with E-state index in [4.69, 9.17) is 9.26 Å². The summed E-state index contributed by atoms with van der Waals surface area (Å²) in [6, 6.07) is 0. The van der Waals surface area contributed by atoms with Crippen molar-refractivity contribution < 1.29 is 14.4 Å². The molecule has 2 fully saturated rings. The Bertz CT molecular complexity index is 381. The first-order valence-corrected chi connectivity index (χ1v) is 6.13. The van der Waals surface area contributed by atoms with Crippen molar-refractivity contribution in [2.45, 2.75) is 30.8 Å². The summed E-state index contributed by atoms with van der Waals surface area (Å²) in [6.45, 7) is 2.96. The Kier molecular flexibility index (Phi) is 2.85. The van der Waals surface area contributed by atoms with Crippen molar-refractivity contribution in [3.63, 3.8) is 0 Å². The molecule has 0 aromatic carbocycles. The molecule has 0 bridgehead atoms. The number of nitrogens with one attached hydrogen (secondary N) is 1. The van der Waals surface area contributed by atoms with Crippen molar-refractivity contribution in [2.24, 2.45) is 0 Å². The Hall–Kier alpha value is -0.980. The van der Waals surface area contributed by atoms with Crippen LogP contribution in [0.5, 0.6) is 0 Å². The lowest BCUT2D eigenvalue weighted by Crippen LogP contribution is -2.40. The molecule has 0 spiro atoms. The SMILES string of the molecule is OC1(c2nc(C3CCOC3)no2)CCNCC1. The van der Waals surface area contributed by atoms with E-state index in [1.807, 2.05) is 0 Å². The van der Waals surface area contributed by atoms with Crippen LogP contribution in [-0.4, -0.2) is 41.6 Å². The van der Waals surface area contributed by atoms with Gasteiger partial charge in [-0.25, -0.2) is 0 Å². The minimum atomic E-state index is -0.948. The zero-order chi connectivity index (χ0) is 11.7. The zero-order valence-corrected chi connectivity index (χ0v) is 9.69. The highest BCUT2D eigenvalue weighted by Crippen LogP contribution is 2.31. The smallest absolute Gasteiger partial charge is 0.258 e. The van der Waals surface area contributed by atoms with E-state index in [1.165, 1.54) is 0 Å². The fourth-order valence-corrected chi connectivity index (χ4v) is 2.38. The third kappa shape index (κ3) is 2.08. The van der Waals surface area contributed by atoms with E-state index in [9.17, 15) is 5.11 Å². The van der Waals surface area contributed by atoms with Crippen LogP contribution in [0.2, 0.25) is 0 Å². The summed E-state index contributed by atoms with van der Waals surface area (Å²) >= 11 is 0. The second-order valence-corrected chi connectivity index (χ2v) is 4.80. The minimum Gasteiger partial charge on any atom is -0.381 e. The molecule has 6 heteroatoms. The van der Waals surface area contributed by atoms with Crippen LogP contribution < -0.4 is 5.32 Å². The van der Waals surface area contributed by atoms with Crippen LogP contribution in [0.15, 0.2) is 4.52 Å². The molecule has 0 saturated carbocycles. The van der Waals surface area contributed by atoms with Crippen LogP contribution in [0.4, 0.5) is 0 Å². The van der Waals surface area contributed by atoms with Crippen LogP contribution in [-0.2, 0) is 10.3 Å². The minimum absolute atomic E-state index is 0.220. The van der Waals surface area contributed by atoms with E-state index in [0.29, 0.717) is 31.2 Å². The number of rotatable bonds is 2. The van der Waals surface area contributed by atoms with E-state index < -0.39 is 5.60 Å². The maximum Gasteiger partial charge on any atom is 0.258 e. The van der Waals surface area contributed by atoms with Gasteiger partial charge in [-0.2, -0.15) is 4.98 Å². The maximum atomic E-state index is 10.4. The molecule has 1 aromatic heterocycles. The predicted octanol–water partition coefficient (Wildman–Crippen LogP) is 0.144. The highest BCUT2D eigenvalue weighted by Gasteiger charge is 2.37. The van der Waals surface area contributed by atoms with Crippen molar-refractivity contribution in [2.75, 3.05) is 26.3 Å². The number of ether oxygens (including phenoxy) is 1. The van der Waals surface area contributed by atoms with Crippen LogP contribution in [0.1, 0.15) is 36.9 Å². The molecule has 3 heterocycles. The second-order valence-electron chi connectivity index (χ2n) is 4.80. The lowest BCUT2D eigenvalue weighted by Gasteiger charge is -2.28. The Balaban J connectivity index is 1.78. The second kappa shape index (κ2) is 4.36. The molecule has 2 aliphatic heterocycles. The van der Waals surface area contributed by atoms with Gasteiger partial charge in [-0.15, -0.1) is 0 Å². The van der Waals surface area contributed by atoms with Gasteiger partial charge in [0.05, 0.1) is 6.61 Å². The van der Waals surface area contributed by atoms with Crippen molar-refractivity contribution >= 4 is 0 Å². The number of hydrogen-bond acceptors (Lipinski definition) is 6. The number of nitrogens with zero attached hydrogens (tertiary/aromatic N) is 2. The lowest BCUT2D eigenvalue weighted by atomic mass is 9.92. The van der Waals surface area contributed by atoms with Crippen LogP contribution in [0.3, 0.4) is 0 Å². The summed E-state index contributed by atoms with van der Waals surface area (Å²) in [5.74, 6) is 1.25. The number of hydrogen-bond donors (Lipinski definition) is 2. The molecule has 2 saturated heterocycles. The summed E-state index contributed by atoms with van der Waals surface area (Å²) in [7, 11) is 0. The van der Waals surface area contributed by atoms with Gasteiger partial charge in [-0.1, -0.05) is 5.16 Å². The normalized spacial score (nSPS) is 28.4. The van der Waals surface area contributed by atoms with Crippen LogP contribution in [0, 0.1) is 0 Å². The summed E-state index contributed by atoms with van der Waals surface area (Å²) in [5, 5.41) is 17.6. The van der Waals surface area contributed by atoms with Crippen molar-refractivity contribution in [1.29, 1.82) is 0 Å². The number of aromatic nitrogens is 2. The van der Waals surface area contributed by atoms with Crippen molar-refractivity contribution in [3.8, 4) is 0 Å². The Labute approximate surface area is 99.3 Å². The van der Waals surface area contributed by atoms with Crippen LogP contribution in [0.25, 0.3) is 0 Å². The molecule has 1 atom stereocenters. The lowest BCUT2D eigenvalue weighted by molar-refractivity contribution is -0.0228. The first-order valence-electron chi connectivity index (χ1n) is 6.13. The molecule has 6 nitrogen and oxygen atoms in total. The first-order chi connectivity index (χ1) is 8.28. The van der Waals surface area contributed by atoms with Crippen molar-refractivity contribution in [1.82, 2.24) is 15.5 Å². The quantitative estimate of drug-likeness (QED) is 0.764. The summed E-state index contributed by atoms with van der Waals surface area (Å²) < 4.78 is 10.5. The molecule has 1 unspecified atom stereocenters. The molecule has 0 amide bonds. The third-order valence-electron chi connectivity index (χ3n) is 3.57. The number of aliphatic hydroxyl groups is 1. The fraction of sp³-hybridized carbons (Fsp3) is 0.818. The molecule has 0 radical (unpaired) electrons. The summed E-state index contributed by atoms with van der Waals surface area (Å²) in [4.78, 5) is 4.35. The molecule has 2 aliphatic rings. The van der Waals surface area contributed by atoms with Gasteiger partial charge in [-0.3, -0.25) is 0 Å². The monoisotopic (exact) mass is 239 g/mol. The topological polar surface area (TPSA) is 80.4 Å². The average Bonchev–Trinajstić information content (AvgIpc) is 3.01. The Morgan fingerprint density at radius 2 is 2.18 bits per heavy atom. The van der Waals surface area contributed by atoms with Gasteiger partial charge >= 0.3 is 0 Å². The molecular weight excluding hydrogens is 222 g/mol. The largest absolute Gasteiger partial charge is 0.381 e. The molecule has 17 heavy (non-hydrogen) atoms. The molecular formula is C11H17N3O3. The van der Waals surface area contributed by atoms with E-state index >= 15 is 0 Å². The highest BCUT2D eigenvalue weighted by atomic mass is 16.5. The average molecular weight is 239 g/mol.